The molecule has 0 amide bonds. The summed E-state index contributed by atoms with van der Waals surface area (Å²) in [6.07, 6.45) is 0.663. The van der Waals surface area contributed by atoms with Crippen molar-refractivity contribution in [2.75, 3.05) is 5.33 Å². The van der Waals surface area contributed by atoms with Gasteiger partial charge in [0.1, 0.15) is 6.10 Å². The highest BCUT2D eigenvalue weighted by Gasteiger charge is 2.17. The second kappa shape index (κ2) is 6.80. The Kier molecular flexibility index (Phi) is 5.07. The first kappa shape index (κ1) is 14.2. The molecule has 0 aliphatic rings. The Morgan fingerprint density at radius 3 is 2.37 bits per heavy atom. The van der Waals surface area contributed by atoms with Crippen molar-refractivity contribution in [2.45, 2.75) is 18.6 Å². The van der Waals surface area contributed by atoms with Gasteiger partial charge in [0, 0.05) is 17.1 Å². The number of rotatable bonds is 5. The van der Waals surface area contributed by atoms with Crippen molar-refractivity contribution >= 4 is 15.9 Å². The molecule has 0 aliphatic heterocycles. The third-order valence-corrected chi connectivity index (χ3v) is 3.44. The molecule has 2 unspecified atom stereocenters. The van der Waals surface area contributed by atoms with E-state index in [2.05, 4.69) is 20.9 Å². The largest absolute Gasteiger partial charge is 0.390 e. The van der Waals surface area contributed by atoms with Gasteiger partial charge in [-0.15, -0.1) is 0 Å². The predicted octanol–water partition coefficient (Wildman–Crippen LogP) is 2.93. The molecular formula is C15H16BrNO2. The van der Waals surface area contributed by atoms with Crippen molar-refractivity contribution in [3.8, 4) is 11.3 Å². The maximum atomic E-state index is 10.00. The van der Waals surface area contributed by atoms with Gasteiger partial charge >= 0.3 is 0 Å². The molecule has 3 nitrogen and oxygen atoms in total. The SMILES string of the molecule is OC(CCBr)C(O)c1ccc(-c2ccccn2)cc1. The van der Waals surface area contributed by atoms with Crippen LogP contribution in [-0.4, -0.2) is 26.6 Å². The van der Waals surface area contributed by atoms with Crippen molar-refractivity contribution < 1.29 is 10.2 Å². The minimum atomic E-state index is -0.852. The number of aromatic nitrogens is 1. The van der Waals surface area contributed by atoms with Gasteiger partial charge in [-0.2, -0.15) is 0 Å². The van der Waals surface area contributed by atoms with E-state index < -0.39 is 12.2 Å². The summed E-state index contributed by atoms with van der Waals surface area (Å²) in [5.74, 6) is 0. The molecule has 1 aromatic heterocycles. The van der Waals surface area contributed by atoms with Crippen LogP contribution in [0.5, 0.6) is 0 Å². The third-order valence-electron chi connectivity index (χ3n) is 2.98. The fourth-order valence-corrected chi connectivity index (χ4v) is 2.35. The standard InChI is InChI=1S/C15H16BrNO2/c16-9-8-14(18)15(19)12-6-4-11(5-7-12)13-3-1-2-10-17-13/h1-7,10,14-15,18-19H,8-9H2. The number of halogens is 1. The lowest BCUT2D eigenvalue weighted by atomic mass is 10.0. The van der Waals surface area contributed by atoms with E-state index in [-0.39, 0.29) is 0 Å². The zero-order chi connectivity index (χ0) is 13.7. The van der Waals surface area contributed by atoms with Crippen LogP contribution in [0.1, 0.15) is 18.1 Å². The molecule has 0 saturated heterocycles. The first-order chi connectivity index (χ1) is 9.22. The van der Waals surface area contributed by atoms with Crippen LogP contribution in [0.2, 0.25) is 0 Å². The Hall–Kier alpha value is -1.23. The number of nitrogens with zero attached hydrogens (tertiary/aromatic N) is 1. The summed E-state index contributed by atoms with van der Waals surface area (Å²) >= 11 is 3.25. The Morgan fingerprint density at radius 1 is 1.05 bits per heavy atom. The number of aliphatic hydroxyl groups excluding tert-OH is 2. The molecule has 2 atom stereocenters. The summed E-state index contributed by atoms with van der Waals surface area (Å²) < 4.78 is 0. The van der Waals surface area contributed by atoms with Crippen LogP contribution in [-0.2, 0) is 0 Å². The number of alkyl halides is 1. The predicted molar refractivity (Wildman–Crippen MR) is 79.1 cm³/mol. The first-order valence-corrected chi connectivity index (χ1v) is 7.28. The van der Waals surface area contributed by atoms with Gasteiger partial charge in [-0.3, -0.25) is 4.98 Å². The monoisotopic (exact) mass is 321 g/mol. The molecule has 0 aliphatic carbocycles. The van der Waals surface area contributed by atoms with Crippen molar-refractivity contribution in [3.05, 3.63) is 54.2 Å². The number of benzene rings is 1. The quantitative estimate of drug-likeness (QED) is 0.832. The fraction of sp³-hybridized carbons (Fsp3) is 0.267. The summed E-state index contributed by atoms with van der Waals surface area (Å²) in [7, 11) is 0. The molecule has 0 saturated carbocycles. The van der Waals surface area contributed by atoms with Gasteiger partial charge in [-0.1, -0.05) is 46.3 Å². The van der Waals surface area contributed by atoms with Gasteiger partial charge in [0.05, 0.1) is 11.8 Å². The first-order valence-electron chi connectivity index (χ1n) is 6.16. The van der Waals surface area contributed by atoms with E-state index in [0.717, 1.165) is 11.3 Å². The molecule has 2 N–H and O–H groups in total. The normalized spacial score (nSPS) is 14.1. The Balaban J connectivity index is 2.15. The molecule has 0 spiro atoms. The number of aliphatic hydroxyl groups is 2. The zero-order valence-electron chi connectivity index (χ0n) is 10.4. The van der Waals surface area contributed by atoms with E-state index in [4.69, 9.17) is 0 Å². The van der Waals surface area contributed by atoms with Crippen LogP contribution >= 0.6 is 15.9 Å². The molecule has 0 bridgehead atoms. The van der Waals surface area contributed by atoms with E-state index in [0.29, 0.717) is 17.3 Å². The number of pyridine rings is 1. The molecule has 19 heavy (non-hydrogen) atoms. The maximum absolute atomic E-state index is 10.00. The molecular weight excluding hydrogens is 306 g/mol. The molecule has 1 heterocycles. The van der Waals surface area contributed by atoms with E-state index in [1.165, 1.54) is 0 Å². The van der Waals surface area contributed by atoms with E-state index in [1.54, 1.807) is 6.20 Å². The van der Waals surface area contributed by atoms with Crippen LogP contribution in [0, 0.1) is 0 Å². The lowest BCUT2D eigenvalue weighted by molar-refractivity contribution is 0.0174. The van der Waals surface area contributed by atoms with Gasteiger partial charge < -0.3 is 10.2 Å². The molecule has 4 heteroatoms. The van der Waals surface area contributed by atoms with Crippen LogP contribution in [0.15, 0.2) is 48.7 Å². The second-order valence-corrected chi connectivity index (χ2v) is 5.12. The lowest BCUT2D eigenvalue weighted by Gasteiger charge is -2.17. The maximum Gasteiger partial charge on any atom is 0.105 e. The van der Waals surface area contributed by atoms with Gasteiger partial charge in [0.15, 0.2) is 0 Å². The van der Waals surface area contributed by atoms with E-state index in [9.17, 15) is 10.2 Å². The van der Waals surface area contributed by atoms with Crippen LogP contribution in [0.4, 0.5) is 0 Å². The topological polar surface area (TPSA) is 53.4 Å². The fourth-order valence-electron chi connectivity index (χ4n) is 1.88. The van der Waals surface area contributed by atoms with Crippen LogP contribution < -0.4 is 0 Å². The van der Waals surface area contributed by atoms with E-state index in [1.807, 2.05) is 42.5 Å². The molecule has 2 aromatic rings. The Bertz CT molecular complexity index is 501. The van der Waals surface area contributed by atoms with E-state index >= 15 is 0 Å². The van der Waals surface area contributed by atoms with Gasteiger partial charge in [0.2, 0.25) is 0 Å². The molecule has 0 radical (unpaired) electrons. The highest BCUT2D eigenvalue weighted by Crippen LogP contribution is 2.23. The summed E-state index contributed by atoms with van der Waals surface area (Å²) in [6, 6.07) is 13.2. The van der Waals surface area contributed by atoms with Crippen LogP contribution in [0.3, 0.4) is 0 Å². The van der Waals surface area contributed by atoms with Crippen molar-refractivity contribution in [1.29, 1.82) is 0 Å². The Morgan fingerprint density at radius 2 is 1.79 bits per heavy atom. The zero-order valence-corrected chi connectivity index (χ0v) is 12.0. The smallest absolute Gasteiger partial charge is 0.105 e. The van der Waals surface area contributed by atoms with Crippen molar-refractivity contribution in [3.63, 3.8) is 0 Å². The minimum absolute atomic E-state index is 0.517. The average molecular weight is 322 g/mol. The summed E-state index contributed by atoms with van der Waals surface area (Å²) in [4.78, 5) is 4.27. The second-order valence-electron chi connectivity index (χ2n) is 4.33. The highest BCUT2D eigenvalue weighted by atomic mass is 79.9. The van der Waals surface area contributed by atoms with Crippen molar-refractivity contribution in [2.24, 2.45) is 0 Å². The third kappa shape index (κ3) is 3.62. The Labute approximate surface area is 121 Å². The molecule has 0 fully saturated rings. The minimum Gasteiger partial charge on any atom is -0.390 e. The van der Waals surface area contributed by atoms with Gasteiger partial charge in [-0.25, -0.2) is 0 Å². The molecule has 1 aromatic carbocycles. The molecule has 2 rings (SSSR count). The van der Waals surface area contributed by atoms with Crippen LogP contribution in [0.25, 0.3) is 11.3 Å². The average Bonchev–Trinajstić information content (AvgIpc) is 2.48. The van der Waals surface area contributed by atoms with Gasteiger partial charge in [0.25, 0.3) is 0 Å². The summed E-state index contributed by atoms with van der Waals surface area (Å²) in [6.45, 7) is 0. The highest BCUT2D eigenvalue weighted by molar-refractivity contribution is 9.09. The van der Waals surface area contributed by atoms with Gasteiger partial charge in [-0.05, 0) is 24.1 Å². The summed E-state index contributed by atoms with van der Waals surface area (Å²) in [5.41, 5.74) is 2.60. The number of hydrogen-bond acceptors (Lipinski definition) is 3. The summed E-state index contributed by atoms with van der Waals surface area (Å²) in [5, 5.41) is 20.4. The van der Waals surface area contributed by atoms with Crippen molar-refractivity contribution in [1.82, 2.24) is 4.98 Å². The lowest BCUT2D eigenvalue weighted by Crippen LogP contribution is -2.18. The molecule has 100 valence electrons. The number of hydrogen-bond donors (Lipinski definition) is 2.